The van der Waals surface area contributed by atoms with Crippen LogP contribution in [0.4, 0.5) is 0 Å². The van der Waals surface area contributed by atoms with Gasteiger partial charge in [0.05, 0.1) is 19.1 Å². The number of hydrogen-bond acceptors (Lipinski definition) is 4. The van der Waals surface area contributed by atoms with Crippen molar-refractivity contribution in [2.45, 2.75) is 57.1 Å². The standard InChI is InChI=1S/C23H32N2O4/c1-28-19-6-4-18(5-7-19)16-25-17-22(14-20(25)26)10-12-24(13-11-22)21(27)15-23(29-2)8-3-9-23/h4-7H,3,8-17H2,1-2H3. The topological polar surface area (TPSA) is 59.1 Å². The maximum atomic E-state index is 12.7. The van der Waals surface area contributed by atoms with Gasteiger partial charge in [0.15, 0.2) is 0 Å². The molecule has 1 saturated carbocycles. The molecule has 2 heterocycles. The van der Waals surface area contributed by atoms with Gasteiger partial charge in [-0.05, 0) is 49.8 Å². The first-order valence-corrected chi connectivity index (χ1v) is 10.7. The van der Waals surface area contributed by atoms with Crippen LogP contribution in [0.15, 0.2) is 24.3 Å². The molecule has 0 atom stereocenters. The molecule has 0 bridgehead atoms. The highest BCUT2D eigenvalue weighted by atomic mass is 16.5. The fraction of sp³-hybridized carbons (Fsp3) is 0.652. The molecule has 1 spiro atoms. The predicted octanol–water partition coefficient (Wildman–Crippen LogP) is 3.00. The molecular formula is C23H32N2O4. The molecule has 0 radical (unpaired) electrons. The molecule has 2 saturated heterocycles. The fourth-order valence-corrected chi connectivity index (χ4v) is 5.05. The van der Waals surface area contributed by atoms with Crippen molar-refractivity contribution in [1.82, 2.24) is 9.80 Å². The quantitative estimate of drug-likeness (QED) is 0.737. The molecule has 1 aromatic rings. The average Bonchev–Trinajstić information content (AvgIpc) is 3.00. The monoisotopic (exact) mass is 400 g/mol. The van der Waals surface area contributed by atoms with Crippen LogP contribution in [-0.4, -0.2) is 61.1 Å². The fourth-order valence-electron chi connectivity index (χ4n) is 5.05. The zero-order valence-electron chi connectivity index (χ0n) is 17.6. The first kappa shape index (κ1) is 20.2. The number of piperidine rings is 1. The molecule has 0 N–H and O–H groups in total. The lowest BCUT2D eigenvalue weighted by Crippen LogP contribution is -2.49. The maximum Gasteiger partial charge on any atom is 0.225 e. The van der Waals surface area contributed by atoms with Crippen molar-refractivity contribution in [3.63, 3.8) is 0 Å². The molecule has 4 rings (SSSR count). The Labute approximate surface area is 173 Å². The van der Waals surface area contributed by atoms with E-state index in [0.717, 1.165) is 63.1 Å². The van der Waals surface area contributed by atoms with Crippen LogP contribution in [0.25, 0.3) is 0 Å². The molecule has 1 aliphatic carbocycles. The van der Waals surface area contributed by atoms with Gasteiger partial charge in [-0.25, -0.2) is 0 Å². The number of likely N-dealkylation sites (tertiary alicyclic amines) is 2. The third kappa shape index (κ3) is 4.13. The van der Waals surface area contributed by atoms with Gasteiger partial charge in [-0.1, -0.05) is 12.1 Å². The minimum atomic E-state index is -0.218. The van der Waals surface area contributed by atoms with Crippen molar-refractivity contribution in [2.24, 2.45) is 5.41 Å². The van der Waals surface area contributed by atoms with Gasteiger partial charge < -0.3 is 19.3 Å². The summed E-state index contributed by atoms with van der Waals surface area (Å²) in [6.07, 6.45) is 6.04. The van der Waals surface area contributed by atoms with Gasteiger partial charge in [0, 0.05) is 45.1 Å². The first-order chi connectivity index (χ1) is 14.0. The summed E-state index contributed by atoms with van der Waals surface area (Å²) in [6.45, 7) is 2.94. The van der Waals surface area contributed by atoms with E-state index in [2.05, 4.69) is 0 Å². The Bertz CT molecular complexity index is 743. The Balaban J connectivity index is 1.31. The SMILES string of the molecule is COc1ccc(CN2CC3(CCN(C(=O)CC4(OC)CCC4)CC3)CC2=O)cc1. The molecule has 158 valence electrons. The highest BCUT2D eigenvalue weighted by Gasteiger charge is 2.46. The van der Waals surface area contributed by atoms with Crippen molar-refractivity contribution >= 4 is 11.8 Å². The summed E-state index contributed by atoms with van der Waals surface area (Å²) in [5.41, 5.74) is 0.926. The second-order valence-corrected chi connectivity index (χ2v) is 9.07. The Kier molecular flexibility index (Phi) is 5.56. The van der Waals surface area contributed by atoms with E-state index in [1.54, 1.807) is 14.2 Å². The molecule has 3 fully saturated rings. The van der Waals surface area contributed by atoms with E-state index in [-0.39, 0.29) is 22.8 Å². The number of benzene rings is 1. The van der Waals surface area contributed by atoms with Crippen LogP contribution in [0, 0.1) is 5.41 Å². The van der Waals surface area contributed by atoms with Crippen LogP contribution >= 0.6 is 0 Å². The Hall–Kier alpha value is -2.08. The van der Waals surface area contributed by atoms with Crippen LogP contribution in [0.1, 0.15) is 50.5 Å². The molecule has 1 aromatic carbocycles. The number of rotatable bonds is 6. The molecule has 3 aliphatic rings. The number of ether oxygens (including phenoxy) is 2. The van der Waals surface area contributed by atoms with Gasteiger partial charge >= 0.3 is 0 Å². The largest absolute Gasteiger partial charge is 0.497 e. The van der Waals surface area contributed by atoms with E-state index >= 15 is 0 Å². The van der Waals surface area contributed by atoms with E-state index in [1.807, 2.05) is 34.1 Å². The third-order valence-corrected chi connectivity index (χ3v) is 7.29. The molecule has 2 amide bonds. The summed E-state index contributed by atoms with van der Waals surface area (Å²) >= 11 is 0. The minimum Gasteiger partial charge on any atom is -0.497 e. The Morgan fingerprint density at radius 2 is 1.76 bits per heavy atom. The summed E-state index contributed by atoms with van der Waals surface area (Å²) in [5.74, 6) is 1.27. The van der Waals surface area contributed by atoms with Crippen molar-refractivity contribution in [1.29, 1.82) is 0 Å². The number of carbonyl (C=O) groups excluding carboxylic acids is 2. The van der Waals surface area contributed by atoms with Gasteiger partial charge in [0.2, 0.25) is 11.8 Å². The molecular weight excluding hydrogens is 368 g/mol. The summed E-state index contributed by atoms with van der Waals surface area (Å²) in [6, 6.07) is 7.91. The predicted molar refractivity (Wildman–Crippen MR) is 109 cm³/mol. The molecule has 6 nitrogen and oxygen atoms in total. The second kappa shape index (κ2) is 7.98. The second-order valence-electron chi connectivity index (χ2n) is 9.07. The Morgan fingerprint density at radius 3 is 2.31 bits per heavy atom. The summed E-state index contributed by atoms with van der Waals surface area (Å²) in [5, 5.41) is 0. The van der Waals surface area contributed by atoms with Crippen molar-refractivity contribution in [2.75, 3.05) is 33.9 Å². The number of nitrogens with zero attached hydrogens (tertiary/aromatic N) is 2. The van der Waals surface area contributed by atoms with E-state index in [1.165, 1.54) is 0 Å². The molecule has 2 aliphatic heterocycles. The third-order valence-electron chi connectivity index (χ3n) is 7.29. The molecule has 0 aromatic heterocycles. The van der Waals surface area contributed by atoms with E-state index < -0.39 is 0 Å². The summed E-state index contributed by atoms with van der Waals surface area (Å²) in [4.78, 5) is 29.4. The maximum absolute atomic E-state index is 12.7. The van der Waals surface area contributed by atoms with Crippen LogP contribution in [0.3, 0.4) is 0 Å². The van der Waals surface area contributed by atoms with E-state index in [4.69, 9.17) is 9.47 Å². The lowest BCUT2D eigenvalue weighted by atomic mass is 9.75. The summed E-state index contributed by atoms with van der Waals surface area (Å²) in [7, 11) is 3.38. The lowest BCUT2D eigenvalue weighted by Gasteiger charge is -2.43. The average molecular weight is 401 g/mol. The first-order valence-electron chi connectivity index (χ1n) is 10.7. The van der Waals surface area contributed by atoms with Crippen molar-refractivity contribution < 1.29 is 19.1 Å². The van der Waals surface area contributed by atoms with Gasteiger partial charge in [-0.3, -0.25) is 9.59 Å². The highest BCUT2D eigenvalue weighted by Crippen LogP contribution is 2.43. The smallest absolute Gasteiger partial charge is 0.225 e. The van der Waals surface area contributed by atoms with E-state index in [0.29, 0.717) is 19.4 Å². The van der Waals surface area contributed by atoms with Gasteiger partial charge in [-0.2, -0.15) is 0 Å². The Morgan fingerprint density at radius 1 is 1.07 bits per heavy atom. The summed E-state index contributed by atoms with van der Waals surface area (Å²) < 4.78 is 10.8. The zero-order chi connectivity index (χ0) is 20.5. The number of amides is 2. The van der Waals surface area contributed by atoms with Crippen LogP contribution in [-0.2, 0) is 20.9 Å². The highest BCUT2D eigenvalue weighted by molar-refractivity contribution is 5.80. The lowest BCUT2D eigenvalue weighted by molar-refractivity contribution is -0.146. The van der Waals surface area contributed by atoms with Crippen molar-refractivity contribution in [3.05, 3.63) is 29.8 Å². The molecule has 0 unspecified atom stereocenters. The van der Waals surface area contributed by atoms with Gasteiger partial charge in [0.25, 0.3) is 0 Å². The molecule has 29 heavy (non-hydrogen) atoms. The van der Waals surface area contributed by atoms with Gasteiger partial charge in [0.1, 0.15) is 5.75 Å². The number of hydrogen-bond donors (Lipinski definition) is 0. The van der Waals surface area contributed by atoms with Gasteiger partial charge in [-0.15, -0.1) is 0 Å². The van der Waals surface area contributed by atoms with Crippen molar-refractivity contribution in [3.8, 4) is 5.75 Å². The zero-order valence-corrected chi connectivity index (χ0v) is 17.6. The van der Waals surface area contributed by atoms with Crippen LogP contribution in [0.2, 0.25) is 0 Å². The molecule has 6 heteroatoms. The number of methoxy groups -OCH3 is 2. The van der Waals surface area contributed by atoms with Crippen LogP contribution in [0.5, 0.6) is 5.75 Å². The van der Waals surface area contributed by atoms with Crippen LogP contribution < -0.4 is 4.74 Å². The van der Waals surface area contributed by atoms with E-state index in [9.17, 15) is 9.59 Å². The normalized spacial score (nSPS) is 22.6. The minimum absolute atomic E-state index is 0.0236. The number of carbonyl (C=O) groups is 2.